The lowest BCUT2D eigenvalue weighted by atomic mass is 9.90. The second-order valence-electron chi connectivity index (χ2n) is 8.41. The summed E-state index contributed by atoms with van der Waals surface area (Å²) in [6, 6.07) is 11.9. The van der Waals surface area contributed by atoms with Crippen molar-refractivity contribution < 1.29 is 23.7 Å². The number of aryl methyl sites for hydroxylation is 1. The maximum absolute atomic E-state index is 13.2. The van der Waals surface area contributed by atoms with Crippen LogP contribution in [-0.2, 0) is 6.42 Å². The van der Waals surface area contributed by atoms with E-state index in [9.17, 15) is 4.79 Å². The molecule has 1 aliphatic rings. The Morgan fingerprint density at radius 3 is 2.24 bits per heavy atom. The number of aromatic amines is 1. The average molecular weight is 453 g/mol. The Balaban J connectivity index is 1.41. The van der Waals surface area contributed by atoms with Crippen LogP contribution < -0.4 is 18.9 Å². The molecule has 0 atom stereocenters. The van der Waals surface area contributed by atoms with E-state index in [1.54, 1.807) is 34.5 Å². The number of aromatic nitrogens is 1. The van der Waals surface area contributed by atoms with Crippen LogP contribution in [0.3, 0.4) is 0 Å². The number of carbonyl (C=O) groups excluding carboxylic acids is 1. The van der Waals surface area contributed by atoms with E-state index < -0.39 is 0 Å². The first-order valence-electron chi connectivity index (χ1n) is 11.3. The zero-order valence-electron chi connectivity index (χ0n) is 19.8. The molecule has 0 saturated carbocycles. The first-order chi connectivity index (χ1) is 16.1. The number of amides is 1. The number of carbonyl (C=O) groups is 1. The van der Waals surface area contributed by atoms with Crippen LogP contribution in [0, 0.1) is 5.92 Å². The van der Waals surface area contributed by atoms with Crippen LogP contribution in [0.5, 0.6) is 23.0 Å². The third-order valence-electron chi connectivity index (χ3n) is 6.57. The van der Waals surface area contributed by atoms with Gasteiger partial charge in [-0.15, -0.1) is 0 Å². The Hall–Kier alpha value is -3.35. The van der Waals surface area contributed by atoms with E-state index in [1.807, 2.05) is 23.1 Å². The van der Waals surface area contributed by atoms with Crippen molar-refractivity contribution in [3.05, 3.63) is 47.7 Å². The standard InChI is InChI=1S/C26H32N2O5/c1-30-19-9-7-17(8-10-19)5-6-18-11-13-28(14-12-18)26(29)21-15-20-22(31-2)16-23(32-3)25(33-4)24(20)27-21/h7-10,15-16,18,27H,5-6,11-14H2,1-4H3. The van der Waals surface area contributed by atoms with E-state index >= 15 is 0 Å². The van der Waals surface area contributed by atoms with Gasteiger partial charge in [-0.25, -0.2) is 0 Å². The predicted octanol–water partition coefficient (Wildman–Crippen LogP) is 4.69. The van der Waals surface area contributed by atoms with Gasteiger partial charge in [0, 0.05) is 24.5 Å². The smallest absolute Gasteiger partial charge is 0.270 e. The molecule has 0 radical (unpaired) electrons. The molecule has 0 bridgehead atoms. The largest absolute Gasteiger partial charge is 0.497 e. The number of hydrogen-bond acceptors (Lipinski definition) is 5. The molecule has 1 saturated heterocycles. The van der Waals surface area contributed by atoms with Crippen LogP contribution in [0.2, 0.25) is 0 Å². The number of H-pyrrole nitrogens is 1. The Kier molecular flexibility index (Phi) is 6.96. The topological polar surface area (TPSA) is 73.0 Å². The van der Waals surface area contributed by atoms with Gasteiger partial charge in [0.05, 0.1) is 34.0 Å². The molecule has 0 aliphatic carbocycles. The third-order valence-corrected chi connectivity index (χ3v) is 6.57. The SMILES string of the molecule is COc1ccc(CCC2CCN(C(=O)c3cc4c(OC)cc(OC)c(OC)c4[nH]3)CC2)cc1. The van der Waals surface area contributed by atoms with Crippen LogP contribution >= 0.6 is 0 Å². The second-order valence-corrected chi connectivity index (χ2v) is 8.41. The summed E-state index contributed by atoms with van der Waals surface area (Å²) < 4.78 is 21.7. The number of nitrogens with zero attached hydrogens (tertiary/aromatic N) is 1. The van der Waals surface area contributed by atoms with Crippen LogP contribution in [0.15, 0.2) is 36.4 Å². The highest BCUT2D eigenvalue weighted by molar-refractivity contribution is 6.02. The first-order valence-corrected chi connectivity index (χ1v) is 11.3. The molecule has 1 N–H and O–H groups in total. The highest BCUT2D eigenvalue weighted by Crippen LogP contribution is 2.41. The molecule has 1 aliphatic heterocycles. The summed E-state index contributed by atoms with van der Waals surface area (Å²) in [4.78, 5) is 18.4. The Labute approximate surface area is 194 Å². The maximum atomic E-state index is 13.2. The fourth-order valence-electron chi connectivity index (χ4n) is 4.61. The zero-order valence-corrected chi connectivity index (χ0v) is 19.8. The monoisotopic (exact) mass is 452 g/mol. The maximum Gasteiger partial charge on any atom is 0.270 e. The average Bonchev–Trinajstić information content (AvgIpc) is 3.32. The molecule has 7 nitrogen and oxygen atoms in total. The molecule has 176 valence electrons. The summed E-state index contributed by atoms with van der Waals surface area (Å²) in [7, 11) is 6.45. The number of likely N-dealkylation sites (tertiary alicyclic amines) is 1. The van der Waals surface area contributed by atoms with Gasteiger partial charge in [-0.05, 0) is 55.4 Å². The molecule has 1 fully saturated rings. The van der Waals surface area contributed by atoms with Crippen LogP contribution in [-0.4, -0.2) is 57.3 Å². The molecule has 1 amide bonds. The van der Waals surface area contributed by atoms with Crippen LogP contribution in [0.4, 0.5) is 0 Å². The lowest BCUT2D eigenvalue weighted by molar-refractivity contribution is 0.0682. The highest BCUT2D eigenvalue weighted by atomic mass is 16.5. The Morgan fingerprint density at radius 1 is 0.939 bits per heavy atom. The summed E-state index contributed by atoms with van der Waals surface area (Å²) in [5, 5.41) is 0.799. The number of hydrogen-bond donors (Lipinski definition) is 1. The third kappa shape index (κ3) is 4.72. The molecular formula is C26H32N2O5. The summed E-state index contributed by atoms with van der Waals surface area (Å²) in [6.07, 6.45) is 4.21. The lowest BCUT2D eigenvalue weighted by Crippen LogP contribution is -2.38. The van der Waals surface area contributed by atoms with Gasteiger partial charge in [0.1, 0.15) is 17.2 Å². The Morgan fingerprint density at radius 2 is 1.64 bits per heavy atom. The predicted molar refractivity (Wildman–Crippen MR) is 128 cm³/mol. The summed E-state index contributed by atoms with van der Waals surface area (Å²) >= 11 is 0. The van der Waals surface area contributed by atoms with E-state index in [-0.39, 0.29) is 5.91 Å². The highest BCUT2D eigenvalue weighted by Gasteiger charge is 2.26. The number of rotatable bonds is 8. The van der Waals surface area contributed by atoms with E-state index in [2.05, 4.69) is 17.1 Å². The van der Waals surface area contributed by atoms with Gasteiger partial charge in [-0.3, -0.25) is 4.79 Å². The van der Waals surface area contributed by atoms with Gasteiger partial charge in [-0.2, -0.15) is 0 Å². The van der Waals surface area contributed by atoms with Crippen LogP contribution in [0.1, 0.15) is 35.3 Å². The van der Waals surface area contributed by atoms with Crippen molar-refractivity contribution >= 4 is 16.8 Å². The van der Waals surface area contributed by atoms with Gasteiger partial charge < -0.3 is 28.8 Å². The van der Waals surface area contributed by atoms with Crippen molar-refractivity contribution in [2.24, 2.45) is 5.92 Å². The Bertz CT molecular complexity index is 1100. The summed E-state index contributed by atoms with van der Waals surface area (Å²) in [5.41, 5.74) is 2.56. The number of nitrogens with one attached hydrogen (secondary N) is 1. The van der Waals surface area contributed by atoms with Gasteiger partial charge in [0.25, 0.3) is 5.91 Å². The molecule has 3 aromatic rings. The normalized spacial score (nSPS) is 14.4. The van der Waals surface area contributed by atoms with Crippen molar-refractivity contribution in [2.75, 3.05) is 41.5 Å². The van der Waals surface area contributed by atoms with Gasteiger partial charge in [0.2, 0.25) is 0 Å². The number of piperidine rings is 1. The molecule has 7 heteroatoms. The van der Waals surface area contributed by atoms with Gasteiger partial charge in [-0.1, -0.05) is 12.1 Å². The summed E-state index contributed by atoms with van der Waals surface area (Å²) in [5.74, 6) is 3.27. The van der Waals surface area contributed by atoms with Crippen molar-refractivity contribution in [1.29, 1.82) is 0 Å². The number of fused-ring (bicyclic) bond motifs is 1. The molecule has 2 aromatic carbocycles. The zero-order chi connectivity index (χ0) is 23.4. The number of ether oxygens (including phenoxy) is 4. The fourth-order valence-corrected chi connectivity index (χ4v) is 4.61. The lowest BCUT2D eigenvalue weighted by Gasteiger charge is -2.31. The molecule has 4 rings (SSSR count). The molecule has 1 aromatic heterocycles. The van der Waals surface area contributed by atoms with Gasteiger partial charge in [0.15, 0.2) is 11.5 Å². The second kappa shape index (κ2) is 10.1. The number of benzene rings is 2. The molecule has 0 spiro atoms. The molecule has 33 heavy (non-hydrogen) atoms. The minimum atomic E-state index is 0.00266. The van der Waals surface area contributed by atoms with Crippen LogP contribution in [0.25, 0.3) is 10.9 Å². The van der Waals surface area contributed by atoms with E-state index in [4.69, 9.17) is 18.9 Å². The summed E-state index contributed by atoms with van der Waals surface area (Å²) in [6.45, 7) is 1.53. The number of methoxy groups -OCH3 is 4. The van der Waals surface area contributed by atoms with Gasteiger partial charge >= 0.3 is 0 Å². The first kappa shape index (κ1) is 22.8. The fraction of sp³-hybridized carbons (Fsp3) is 0.423. The van der Waals surface area contributed by atoms with E-state index in [0.717, 1.165) is 49.9 Å². The van der Waals surface area contributed by atoms with Crippen molar-refractivity contribution in [3.8, 4) is 23.0 Å². The molecular weight excluding hydrogens is 420 g/mol. The van der Waals surface area contributed by atoms with Crippen molar-refractivity contribution in [3.63, 3.8) is 0 Å². The van der Waals surface area contributed by atoms with E-state index in [1.165, 1.54) is 5.56 Å². The molecule has 0 unspecified atom stereocenters. The van der Waals surface area contributed by atoms with Crippen molar-refractivity contribution in [2.45, 2.75) is 25.7 Å². The minimum Gasteiger partial charge on any atom is -0.497 e. The quantitative estimate of drug-likeness (QED) is 0.537. The minimum absolute atomic E-state index is 0.00266. The van der Waals surface area contributed by atoms with E-state index in [0.29, 0.717) is 34.4 Å². The molecule has 2 heterocycles. The van der Waals surface area contributed by atoms with Crippen molar-refractivity contribution in [1.82, 2.24) is 9.88 Å².